The molecule has 84 valence electrons. The molecule has 0 aromatic carbocycles. The van der Waals surface area contributed by atoms with Gasteiger partial charge in [-0.15, -0.1) is 0 Å². The van der Waals surface area contributed by atoms with E-state index in [1.54, 1.807) is 0 Å². The molecule has 1 unspecified atom stereocenters. The van der Waals surface area contributed by atoms with Gasteiger partial charge in [0.1, 0.15) is 0 Å². The summed E-state index contributed by atoms with van der Waals surface area (Å²) >= 11 is 2.08. The molecule has 0 bridgehead atoms. The van der Waals surface area contributed by atoms with E-state index in [0.29, 0.717) is 0 Å². The van der Waals surface area contributed by atoms with Crippen molar-refractivity contribution in [3.05, 3.63) is 0 Å². The zero-order chi connectivity index (χ0) is 10.2. The first-order valence-electron chi connectivity index (χ1n) is 5.90. The molecule has 0 aromatic rings. The van der Waals surface area contributed by atoms with Gasteiger partial charge in [0.15, 0.2) is 0 Å². The lowest BCUT2D eigenvalue weighted by Gasteiger charge is -2.18. The van der Waals surface area contributed by atoms with Crippen LogP contribution >= 0.6 is 11.8 Å². The highest BCUT2D eigenvalue weighted by Crippen LogP contribution is 2.16. The molecule has 1 rings (SSSR count). The summed E-state index contributed by atoms with van der Waals surface area (Å²) in [4.78, 5) is 2.49. The van der Waals surface area contributed by atoms with Crippen molar-refractivity contribution in [1.29, 1.82) is 0 Å². The van der Waals surface area contributed by atoms with Gasteiger partial charge in [0.25, 0.3) is 0 Å². The first kappa shape index (κ1) is 12.3. The summed E-state index contributed by atoms with van der Waals surface area (Å²) in [5.74, 6) is 2.68. The fourth-order valence-corrected chi connectivity index (χ4v) is 3.03. The fraction of sp³-hybridized carbons (Fsp3) is 1.00. The summed E-state index contributed by atoms with van der Waals surface area (Å²) in [6.07, 6.45) is 2.67. The minimum Gasteiger partial charge on any atom is -0.313 e. The summed E-state index contributed by atoms with van der Waals surface area (Å²) in [6, 6.07) is 0.803. The average molecular weight is 216 g/mol. The van der Waals surface area contributed by atoms with Gasteiger partial charge in [0, 0.05) is 11.8 Å². The van der Waals surface area contributed by atoms with E-state index in [2.05, 4.69) is 35.8 Å². The Labute approximate surface area is 92.8 Å². The molecule has 0 aromatic heterocycles. The van der Waals surface area contributed by atoms with Gasteiger partial charge in [-0.1, -0.05) is 13.8 Å². The lowest BCUT2D eigenvalue weighted by Crippen LogP contribution is -2.32. The van der Waals surface area contributed by atoms with Crippen molar-refractivity contribution in [2.45, 2.75) is 32.7 Å². The van der Waals surface area contributed by atoms with Gasteiger partial charge in [-0.2, -0.15) is 11.8 Å². The Hall–Kier alpha value is 0.270. The minimum atomic E-state index is 0.803. The van der Waals surface area contributed by atoms with E-state index in [1.165, 1.54) is 50.5 Å². The third kappa shape index (κ3) is 4.67. The minimum absolute atomic E-state index is 0.803. The molecule has 1 heterocycles. The second kappa shape index (κ2) is 7.55. The molecule has 1 aliphatic heterocycles. The second-order valence-corrected chi connectivity index (χ2v) is 5.04. The number of hydrogen-bond donors (Lipinski definition) is 1. The maximum atomic E-state index is 3.64. The number of thioether (sulfide) groups is 1. The van der Waals surface area contributed by atoms with Gasteiger partial charge >= 0.3 is 0 Å². The molecule has 1 fully saturated rings. The molecule has 1 saturated heterocycles. The molecule has 0 aliphatic carbocycles. The highest BCUT2D eigenvalue weighted by molar-refractivity contribution is 7.99. The van der Waals surface area contributed by atoms with Crippen molar-refractivity contribution >= 4 is 11.8 Å². The van der Waals surface area contributed by atoms with E-state index in [9.17, 15) is 0 Å². The van der Waals surface area contributed by atoms with Crippen molar-refractivity contribution in [1.82, 2.24) is 10.2 Å². The van der Waals surface area contributed by atoms with E-state index in [0.717, 1.165) is 6.04 Å². The van der Waals surface area contributed by atoms with Gasteiger partial charge < -0.3 is 10.2 Å². The standard InChI is InChI=1S/C11H24N2S/c1-3-13(4-2)8-5-7-12-11-6-9-14-10-11/h11-12H,3-10H2,1-2H3. The molecular weight excluding hydrogens is 192 g/mol. The molecule has 2 nitrogen and oxygen atoms in total. The Bertz CT molecular complexity index is 127. The predicted octanol–water partition coefficient (Wildman–Crippen LogP) is 1.81. The van der Waals surface area contributed by atoms with Crippen molar-refractivity contribution < 1.29 is 0 Å². The monoisotopic (exact) mass is 216 g/mol. The first-order valence-corrected chi connectivity index (χ1v) is 7.05. The van der Waals surface area contributed by atoms with E-state index in [-0.39, 0.29) is 0 Å². The number of nitrogens with one attached hydrogen (secondary N) is 1. The molecule has 0 saturated carbocycles. The van der Waals surface area contributed by atoms with Gasteiger partial charge in [0.2, 0.25) is 0 Å². The van der Waals surface area contributed by atoms with Crippen molar-refractivity contribution in [3.63, 3.8) is 0 Å². The maximum Gasteiger partial charge on any atom is 0.0166 e. The van der Waals surface area contributed by atoms with Crippen LogP contribution in [-0.2, 0) is 0 Å². The zero-order valence-corrected chi connectivity index (χ0v) is 10.4. The van der Waals surface area contributed by atoms with Crippen LogP contribution in [0.2, 0.25) is 0 Å². The summed E-state index contributed by atoms with van der Waals surface area (Å²) in [7, 11) is 0. The van der Waals surface area contributed by atoms with Crippen LogP contribution in [0.15, 0.2) is 0 Å². The van der Waals surface area contributed by atoms with E-state index in [4.69, 9.17) is 0 Å². The summed E-state index contributed by atoms with van der Waals surface area (Å²) in [5.41, 5.74) is 0. The van der Waals surface area contributed by atoms with E-state index in [1.807, 2.05) is 0 Å². The quantitative estimate of drug-likeness (QED) is 0.654. The van der Waals surface area contributed by atoms with Gasteiger partial charge in [-0.25, -0.2) is 0 Å². The molecule has 1 atom stereocenters. The molecule has 0 radical (unpaired) electrons. The van der Waals surface area contributed by atoms with Crippen LogP contribution in [-0.4, -0.2) is 48.6 Å². The van der Waals surface area contributed by atoms with Crippen molar-refractivity contribution in [2.24, 2.45) is 0 Å². The van der Waals surface area contributed by atoms with E-state index < -0.39 is 0 Å². The fourth-order valence-electron chi connectivity index (χ4n) is 1.84. The number of nitrogens with zero attached hydrogens (tertiary/aromatic N) is 1. The lowest BCUT2D eigenvalue weighted by molar-refractivity contribution is 0.296. The number of hydrogen-bond acceptors (Lipinski definition) is 3. The molecule has 1 aliphatic rings. The van der Waals surface area contributed by atoms with Crippen LogP contribution in [0.4, 0.5) is 0 Å². The van der Waals surface area contributed by atoms with Crippen LogP contribution in [0.25, 0.3) is 0 Å². The largest absolute Gasteiger partial charge is 0.313 e. The Morgan fingerprint density at radius 1 is 1.36 bits per heavy atom. The van der Waals surface area contributed by atoms with Crippen LogP contribution < -0.4 is 5.32 Å². The Balaban J connectivity index is 1.92. The van der Waals surface area contributed by atoms with Crippen LogP contribution in [0.3, 0.4) is 0 Å². The molecule has 0 spiro atoms. The molecule has 3 heteroatoms. The molecule has 14 heavy (non-hydrogen) atoms. The number of rotatable bonds is 7. The third-order valence-corrected chi connectivity index (χ3v) is 4.07. The summed E-state index contributed by atoms with van der Waals surface area (Å²) in [5, 5.41) is 3.64. The summed E-state index contributed by atoms with van der Waals surface area (Å²) in [6.45, 7) is 9.31. The SMILES string of the molecule is CCN(CC)CCCNC1CCSC1. The van der Waals surface area contributed by atoms with Gasteiger partial charge in [0.05, 0.1) is 0 Å². The highest BCUT2D eigenvalue weighted by Gasteiger charge is 2.13. The summed E-state index contributed by atoms with van der Waals surface area (Å²) < 4.78 is 0. The molecule has 0 amide bonds. The Kier molecular flexibility index (Phi) is 6.65. The normalized spacial score (nSPS) is 22.1. The first-order chi connectivity index (χ1) is 6.86. The highest BCUT2D eigenvalue weighted by atomic mass is 32.2. The van der Waals surface area contributed by atoms with Gasteiger partial charge in [-0.3, -0.25) is 0 Å². The van der Waals surface area contributed by atoms with Crippen molar-refractivity contribution in [3.8, 4) is 0 Å². The van der Waals surface area contributed by atoms with Crippen LogP contribution in [0, 0.1) is 0 Å². The Morgan fingerprint density at radius 2 is 2.14 bits per heavy atom. The average Bonchev–Trinajstić information content (AvgIpc) is 2.71. The zero-order valence-electron chi connectivity index (χ0n) is 9.59. The molecule has 1 N–H and O–H groups in total. The predicted molar refractivity (Wildman–Crippen MR) is 66.1 cm³/mol. The smallest absolute Gasteiger partial charge is 0.0166 e. The lowest BCUT2D eigenvalue weighted by atomic mass is 10.2. The second-order valence-electron chi connectivity index (χ2n) is 3.90. The third-order valence-electron chi connectivity index (χ3n) is 2.91. The topological polar surface area (TPSA) is 15.3 Å². The van der Waals surface area contributed by atoms with Crippen LogP contribution in [0.5, 0.6) is 0 Å². The van der Waals surface area contributed by atoms with Crippen molar-refractivity contribution in [2.75, 3.05) is 37.7 Å². The molecular formula is C11H24N2S. The Morgan fingerprint density at radius 3 is 2.71 bits per heavy atom. The van der Waals surface area contributed by atoms with Gasteiger partial charge in [-0.05, 0) is 44.8 Å². The maximum absolute atomic E-state index is 3.64. The van der Waals surface area contributed by atoms with E-state index >= 15 is 0 Å². The van der Waals surface area contributed by atoms with Crippen LogP contribution in [0.1, 0.15) is 26.7 Å².